The molecule has 0 radical (unpaired) electrons. The van der Waals surface area contributed by atoms with Crippen LogP contribution in [0.25, 0.3) is 0 Å². The minimum atomic E-state index is -0.433. The lowest BCUT2D eigenvalue weighted by Gasteiger charge is -2.08. The van der Waals surface area contributed by atoms with E-state index in [1.807, 2.05) is 0 Å². The van der Waals surface area contributed by atoms with E-state index in [0.29, 0.717) is 21.2 Å². The monoisotopic (exact) mass is 352 g/mol. The first kappa shape index (κ1) is 17.3. The topological polar surface area (TPSA) is 52.6 Å². The predicted molar refractivity (Wildman–Crippen MR) is 87.7 cm³/mol. The Labute approximate surface area is 143 Å². The number of rotatable bonds is 5. The van der Waals surface area contributed by atoms with Crippen molar-refractivity contribution in [2.45, 2.75) is 13.0 Å². The summed E-state index contributed by atoms with van der Waals surface area (Å²) in [6.07, 6.45) is -0.00124. The largest absolute Gasteiger partial charge is 0.465 e. The predicted octanol–water partition coefficient (Wildman–Crippen LogP) is 4.07. The van der Waals surface area contributed by atoms with E-state index in [1.54, 1.807) is 42.5 Å². The van der Waals surface area contributed by atoms with Crippen molar-refractivity contribution >= 4 is 35.1 Å². The van der Waals surface area contributed by atoms with Gasteiger partial charge >= 0.3 is 11.9 Å². The molecular formula is C17H14Cl2O4. The molecule has 120 valence electrons. The SMILES string of the molecule is COC(=O)c1ccc(COC(=O)Cc2c(Cl)cccc2Cl)cc1. The molecule has 2 aromatic carbocycles. The van der Waals surface area contributed by atoms with Gasteiger partial charge in [-0.25, -0.2) is 4.79 Å². The van der Waals surface area contributed by atoms with Gasteiger partial charge in [0, 0.05) is 15.6 Å². The van der Waals surface area contributed by atoms with E-state index < -0.39 is 11.9 Å². The first-order chi connectivity index (χ1) is 11.0. The summed E-state index contributed by atoms with van der Waals surface area (Å²) in [4.78, 5) is 23.2. The standard InChI is InChI=1S/C17H14Cl2O4/c1-22-17(21)12-7-5-11(6-8-12)10-23-16(20)9-13-14(18)3-2-4-15(13)19/h2-8H,9-10H2,1H3. The van der Waals surface area contributed by atoms with Crippen LogP contribution < -0.4 is 0 Å². The van der Waals surface area contributed by atoms with E-state index >= 15 is 0 Å². The molecule has 0 aromatic heterocycles. The zero-order valence-electron chi connectivity index (χ0n) is 12.3. The fourth-order valence-electron chi connectivity index (χ4n) is 1.92. The van der Waals surface area contributed by atoms with Crippen LogP contribution in [-0.4, -0.2) is 19.0 Å². The summed E-state index contributed by atoms with van der Waals surface area (Å²) in [6, 6.07) is 11.7. The van der Waals surface area contributed by atoms with Gasteiger partial charge in [-0.2, -0.15) is 0 Å². The first-order valence-corrected chi connectivity index (χ1v) is 7.52. The molecule has 0 saturated heterocycles. The summed E-state index contributed by atoms with van der Waals surface area (Å²) in [5, 5.41) is 0.855. The summed E-state index contributed by atoms with van der Waals surface area (Å²) in [7, 11) is 1.32. The maximum atomic E-state index is 11.9. The van der Waals surface area contributed by atoms with Crippen molar-refractivity contribution in [1.82, 2.24) is 0 Å². The normalized spacial score (nSPS) is 10.2. The summed E-state index contributed by atoms with van der Waals surface area (Å²) in [5.41, 5.74) is 1.74. The average molecular weight is 353 g/mol. The van der Waals surface area contributed by atoms with Crippen LogP contribution in [0.1, 0.15) is 21.5 Å². The molecule has 0 N–H and O–H groups in total. The fraction of sp³-hybridized carbons (Fsp3) is 0.176. The van der Waals surface area contributed by atoms with Crippen molar-refractivity contribution in [3.8, 4) is 0 Å². The van der Waals surface area contributed by atoms with Crippen LogP contribution in [0.15, 0.2) is 42.5 Å². The van der Waals surface area contributed by atoms with E-state index in [9.17, 15) is 9.59 Å². The maximum Gasteiger partial charge on any atom is 0.337 e. The lowest BCUT2D eigenvalue weighted by molar-refractivity contribution is -0.144. The van der Waals surface area contributed by atoms with Crippen molar-refractivity contribution < 1.29 is 19.1 Å². The highest BCUT2D eigenvalue weighted by molar-refractivity contribution is 6.36. The van der Waals surface area contributed by atoms with E-state index in [2.05, 4.69) is 4.74 Å². The Bertz CT molecular complexity index is 691. The molecular weight excluding hydrogens is 339 g/mol. The molecule has 0 fully saturated rings. The van der Waals surface area contributed by atoms with Gasteiger partial charge in [0.1, 0.15) is 6.61 Å². The second kappa shape index (κ2) is 7.99. The van der Waals surface area contributed by atoms with Crippen molar-refractivity contribution in [3.63, 3.8) is 0 Å². The first-order valence-electron chi connectivity index (χ1n) is 6.77. The van der Waals surface area contributed by atoms with Crippen molar-refractivity contribution in [3.05, 3.63) is 69.2 Å². The highest BCUT2D eigenvalue weighted by Crippen LogP contribution is 2.25. The number of ether oxygens (including phenoxy) is 2. The fourth-order valence-corrected chi connectivity index (χ4v) is 2.45. The van der Waals surface area contributed by atoms with Crippen LogP contribution in [0.4, 0.5) is 0 Å². The van der Waals surface area contributed by atoms with Crippen LogP contribution >= 0.6 is 23.2 Å². The highest BCUT2D eigenvalue weighted by Gasteiger charge is 2.12. The second-order valence-electron chi connectivity index (χ2n) is 4.73. The number of hydrogen-bond acceptors (Lipinski definition) is 4. The molecule has 0 aliphatic rings. The van der Waals surface area contributed by atoms with Gasteiger partial charge in [-0.05, 0) is 29.8 Å². The van der Waals surface area contributed by atoms with Gasteiger partial charge in [0.05, 0.1) is 19.1 Å². The van der Waals surface area contributed by atoms with Crippen LogP contribution in [0.2, 0.25) is 10.0 Å². The minimum absolute atomic E-state index is 0.00124. The number of benzene rings is 2. The van der Waals surface area contributed by atoms with Gasteiger partial charge in [-0.15, -0.1) is 0 Å². The molecule has 0 atom stereocenters. The van der Waals surface area contributed by atoms with Crippen LogP contribution in [0.5, 0.6) is 0 Å². The minimum Gasteiger partial charge on any atom is -0.465 e. The Morgan fingerprint density at radius 2 is 1.61 bits per heavy atom. The van der Waals surface area contributed by atoms with Gasteiger partial charge in [0.15, 0.2) is 0 Å². The summed E-state index contributed by atoms with van der Waals surface area (Å²) >= 11 is 12.0. The van der Waals surface area contributed by atoms with E-state index in [4.69, 9.17) is 27.9 Å². The third kappa shape index (κ3) is 4.71. The number of halogens is 2. The van der Waals surface area contributed by atoms with E-state index in [0.717, 1.165) is 5.56 Å². The zero-order chi connectivity index (χ0) is 16.8. The van der Waals surface area contributed by atoms with Gasteiger partial charge < -0.3 is 9.47 Å². The molecule has 0 aliphatic heterocycles. The summed E-state index contributed by atoms with van der Waals surface area (Å²) in [6.45, 7) is 0.0996. The van der Waals surface area contributed by atoms with Gasteiger partial charge in [0.25, 0.3) is 0 Å². The van der Waals surface area contributed by atoms with Gasteiger partial charge in [-0.1, -0.05) is 41.4 Å². The zero-order valence-corrected chi connectivity index (χ0v) is 13.9. The molecule has 0 unspecified atom stereocenters. The number of methoxy groups -OCH3 is 1. The van der Waals surface area contributed by atoms with Crippen molar-refractivity contribution in [2.24, 2.45) is 0 Å². The molecule has 2 aromatic rings. The molecule has 23 heavy (non-hydrogen) atoms. The molecule has 0 heterocycles. The quantitative estimate of drug-likeness (QED) is 0.761. The van der Waals surface area contributed by atoms with Gasteiger partial charge in [-0.3, -0.25) is 4.79 Å². The van der Waals surface area contributed by atoms with Crippen LogP contribution in [-0.2, 0) is 27.3 Å². The van der Waals surface area contributed by atoms with Gasteiger partial charge in [0.2, 0.25) is 0 Å². The molecule has 0 saturated carbocycles. The second-order valence-corrected chi connectivity index (χ2v) is 5.54. The molecule has 4 nitrogen and oxygen atoms in total. The van der Waals surface area contributed by atoms with Crippen molar-refractivity contribution in [2.75, 3.05) is 7.11 Å². The maximum absolute atomic E-state index is 11.9. The number of esters is 2. The Balaban J connectivity index is 1.93. The third-order valence-electron chi connectivity index (χ3n) is 3.16. The molecule has 6 heteroatoms. The number of hydrogen-bond donors (Lipinski definition) is 0. The Hall–Kier alpha value is -2.04. The molecule has 0 bridgehead atoms. The lowest BCUT2D eigenvalue weighted by Crippen LogP contribution is -2.09. The van der Waals surface area contributed by atoms with E-state index in [1.165, 1.54) is 7.11 Å². The highest BCUT2D eigenvalue weighted by atomic mass is 35.5. The average Bonchev–Trinajstić information content (AvgIpc) is 2.56. The molecule has 0 amide bonds. The van der Waals surface area contributed by atoms with Crippen molar-refractivity contribution in [1.29, 1.82) is 0 Å². The Kier molecular flexibility index (Phi) is 6.02. The summed E-state index contributed by atoms with van der Waals surface area (Å²) < 4.78 is 9.81. The van der Waals surface area contributed by atoms with E-state index in [-0.39, 0.29) is 13.0 Å². The third-order valence-corrected chi connectivity index (χ3v) is 3.87. The molecule has 2 rings (SSSR count). The Morgan fingerprint density at radius 3 is 2.17 bits per heavy atom. The van der Waals surface area contributed by atoms with Crippen LogP contribution in [0, 0.1) is 0 Å². The summed E-state index contributed by atoms with van der Waals surface area (Å²) in [5.74, 6) is -0.848. The number of carbonyl (C=O) groups is 2. The smallest absolute Gasteiger partial charge is 0.337 e. The number of carbonyl (C=O) groups excluding carboxylic acids is 2. The lowest BCUT2D eigenvalue weighted by atomic mass is 10.1. The molecule has 0 spiro atoms. The van der Waals surface area contributed by atoms with Crippen LogP contribution in [0.3, 0.4) is 0 Å². The molecule has 0 aliphatic carbocycles. The Morgan fingerprint density at radius 1 is 1.00 bits per heavy atom.